The van der Waals surface area contributed by atoms with E-state index in [1.807, 2.05) is 0 Å². The monoisotopic (exact) mass is 337 g/mol. The van der Waals surface area contributed by atoms with Crippen LogP contribution < -0.4 is 5.32 Å². The van der Waals surface area contributed by atoms with Crippen molar-refractivity contribution in [3.8, 4) is 0 Å². The minimum absolute atomic E-state index is 0.0152. The largest absolute Gasteiger partial charge is 0.356 e. The average Bonchev–Trinajstić information content (AvgIpc) is 2.79. The number of nitro groups is 1. The lowest BCUT2D eigenvalue weighted by Crippen LogP contribution is -2.13. The fourth-order valence-electron chi connectivity index (χ4n) is 1.86. The molecule has 104 valence electrons. The van der Waals surface area contributed by atoms with Crippen molar-refractivity contribution in [1.29, 1.82) is 0 Å². The molecule has 6 nitrogen and oxygen atoms in total. The number of hydrogen-bond acceptors (Lipinski definition) is 3. The van der Waals surface area contributed by atoms with Crippen LogP contribution in [0, 0.1) is 24.0 Å². The Morgan fingerprint density at radius 3 is 2.55 bits per heavy atom. The van der Waals surface area contributed by atoms with E-state index in [4.69, 9.17) is 0 Å². The molecule has 1 heterocycles. The van der Waals surface area contributed by atoms with Gasteiger partial charge in [0.15, 0.2) is 0 Å². The third kappa shape index (κ3) is 2.88. The minimum Gasteiger partial charge on any atom is -0.356 e. The second-order valence-electron chi connectivity index (χ2n) is 4.40. The Morgan fingerprint density at radius 1 is 1.30 bits per heavy atom. The summed E-state index contributed by atoms with van der Waals surface area (Å²) in [6.45, 7) is 3.45. The molecular formula is C13H12BrN3O3. The number of benzene rings is 1. The number of H-pyrrole nitrogens is 1. The Bertz CT molecular complexity index is 694. The van der Waals surface area contributed by atoms with Crippen molar-refractivity contribution in [3.63, 3.8) is 0 Å². The highest BCUT2D eigenvalue weighted by Crippen LogP contribution is 2.26. The van der Waals surface area contributed by atoms with E-state index >= 15 is 0 Å². The molecule has 0 bridgehead atoms. The van der Waals surface area contributed by atoms with Gasteiger partial charge in [-0.1, -0.05) is 0 Å². The van der Waals surface area contributed by atoms with Crippen molar-refractivity contribution in [2.75, 3.05) is 5.32 Å². The van der Waals surface area contributed by atoms with Crippen LogP contribution in [0.2, 0.25) is 0 Å². The van der Waals surface area contributed by atoms with E-state index in [1.165, 1.54) is 6.07 Å². The van der Waals surface area contributed by atoms with Crippen molar-refractivity contribution >= 4 is 33.2 Å². The molecule has 0 atom stereocenters. The summed E-state index contributed by atoms with van der Waals surface area (Å²) in [5.74, 6) is -0.350. The second kappa shape index (κ2) is 5.46. The van der Waals surface area contributed by atoms with Crippen molar-refractivity contribution in [1.82, 2.24) is 4.98 Å². The molecule has 0 fully saturated rings. The summed E-state index contributed by atoms with van der Waals surface area (Å²) in [6, 6.07) is 4.69. The van der Waals surface area contributed by atoms with Crippen LogP contribution in [0.25, 0.3) is 0 Å². The zero-order valence-corrected chi connectivity index (χ0v) is 12.4. The molecular weight excluding hydrogens is 326 g/mol. The lowest BCUT2D eigenvalue weighted by Gasteiger charge is -2.09. The van der Waals surface area contributed by atoms with Gasteiger partial charge in [-0.15, -0.1) is 0 Å². The first kappa shape index (κ1) is 14.3. The number of carbonyl (C=O) groups excluding carboxylic acids is 1. The highest BCUT2D eigenvalue weighted by Gasteiger charge is 2.16. The molecule has 7 heteroatoms. The maximum atomic E-state index is 12.0. The fourth-order valence-corrected chi connectivity index (χ4v) is 2.20. The third-order valence-corrected chi connectivity index (χ3v) is 3.34. The summed E-state index contributed by atoms with van der Waals surface area (Å²) in [5, 5.41) is 13.6. The molecule has 2 aromatic rings. The number of aromatic nitrogens is 1. The number of amides is 1. The van der Waals surface area contributed by atoms with Crippen LogP contribution in [0.3, 0.4) is 0 Å². The van der Waals surface area contributed by atoms with Gasteiger partial charge in [0.05, 0.1) is 10.6 Å². The van der Waals surface area contributed by atoms with E-state index in [9.17, 15) is 14.9 Å². The van der Waals surface area contributed by atoms with Crippen LogP contribution in [0.1, 0.15) is 21.6 Å². The zero-order valence-electron chi connectivity index (χ0n) is 10.9. The zero-order chi connectivity index (χ0) is 14.9. The Labute approximate surface area is 123 Å². The van der Waals surface area contributed by atoms with Crippen LogP contribution >= 0.6 is 15.9 Å². The average molecular weight is 338 g/mol. The lowest BCUT2D eigenvalue weighted by atomic mass is 10.1. The number of aromatic amines is 1. The molecule has 0 saturated heterocycles. The molecule has 0 aliphatic rings. The first-order valence-corrected chi connectivity index (χ1v) is 6.58. The second-order valence-corrected chi connectivity index (χ2v) is 5.31. The fraction of sp³-hybridized carbons (Fsp3) is 0.154. The maximum Gasteiger partial charge on any atom is 0.274 e. The summed E-state index contributed by atoms with van der Waals surface area (Å²) >= 11 is 3.24. The van der Waals surface area contributed by atoms with Crippen LogP contribution in [0.5, 0.6) is 0 Å². The van der Waals surface area contributed by atoms with Gasteiger partial charge in [0.2, 0.25) is 0 Å². The Balaban J connectivity index is 2.31. The number of aryl methyl sites for hydroxylation is 2. The minimum atomic E-state index is -0.463. The molecule has 1 aromatic carbocycles. The molecule has 0 saturated carbocycles. The molecule has 1 aromatic heterocycles. The van der Waals surface area contributed by atoms with E-state index in [0.29, 0.717) is 16.9 Å². The SMILES string of the molecule is Cc1cc(C)c([N+](=O)[O-])cc1NC(=O)c1cc(Br)c[nH]1. The number of anilines is 1. The smallest absolute Gasteiger partial charge is 0.274 e. The van der Waals surface area contributed by atoms with Gasteiger partial charge in [-0.05, 0) is 47.5 Å². The number of nitrogens with one attached hydrogen (secondary N) is 2. The highest BCUT2D eigenvalue weighted by atomic mass is 79.9. The van der Waals surface area contributed by atoms with Crippen molar-refractivity contribution in [2.24, 2.45) is 0 Å². The summed E-state index contributed by atoms with van der Waals surface area (Å²) in [5.41, 5.74) is 2.12. The van der Waals surface area contributed by atoms with Crippen molar-refractivity contribution in [2.45, 2.75) is 13.8 Å². The number of carbonyl (C=O) groups is 1. The summed E-state index contributed by atoms with van der Waals surface area (Å²) in [6.07, 6.45) is 1.64. The van der Waals surface area contributed by atoms with Crippen LogP contribution in [0.4, 0.5) is 11.4 Å². The molecule has 20 heavy (non-hydrogen) atoms. The maximum absolute atomic E-state index is 12.0. The highest BCUT2D eigenvalue weighted by molar-refractivity contribution is 9.10. The first-order valence-electron chi connectivity index (χ1n) is 5.79. The van der Waals surface area contributed by atoms with Gasteiger partial charge in [0, 0.05) is 22.3 Å². The normalized spacial score (nSPS) is 10.3. The molecule has 0 aliphatic heterocycles. The van der Waals surface area contributed by atoms with Gasteiger partial charge >= 0.3 is 0 Å². The van der Waals surface area contributed by atoms with E-state index < -0.39 is 4.92 Å². The molecule has 0 unspecified atom stereocenters. The number of halogens is 1. The van der Waals surface area contributed by atoms with Crippen LogP contribution in [0.15, 0.2) is 28.9 Å². The Hall–Kier alpha value is -2.15. The van der Waals surface area contributed by atoms with Gasteiger partial charge in [-0.25, -0.2) is 0 Å². The number of hydrogen-bond donors (Lipinski definition) is 2. The molecule has 2 rings (SSSR count). The third-order valence-electron chi connectivity index (χ3n) is 2.88. The van der Waals surface area contributed by atoms with Crippen molar-refractivity contribution < 1.29 is 9.72 Å². The predicted molar refractivity (Wildman–Crippen MR) is 79.0 cm³/mol. The van der Waals surface area contributed by atoms with Crippen molar-refractivity contribution in [3.05, 3.63) is 55.8 Å². The van der Waals surface area contributed by atoms with Crippen LogP contribution in [-0.2, 0) is 0 Å². The Morgan fingerprint density at radius 2 is 2.00 bits per heavy atom. The topological polar surface area (TPSA) is 88.0 Å². The van der Waals surface area contributed by atoms with Gasteiger partial charge in [0.1, 0.15) is 5.69 Å². The summed E-state index contributed by atoms with van der Waals surface area (Å²) in [4.78, 5) is 25.3. The van der Waals surface area contributed by atoms with Gasteiger partial charge in [0.25, 0.3) is 11.6 Å². The van der Waals surface area contributed by atoms with E-state index in [0.717, 1.165) is 10.0 Å². The quantitative estimate of drug-likeness (QED) is 0.663. The summed E-state index contributed by atoms with van der Waals surface area (Å²) in [7, 11) is 0. The summed E-state index contributed by atoms with van der Waals surface area (Å²) < 4.78 is 0.759. The van der Waals surface area contributed by atoms with E-state index in [2.05, 4.69) is 26.2 Å². The molecule has 0 aliphatic carbocycles. The molecule has 0 spiro atoms. The predicted octanol–water partition coefficient (Wildman–Crippen LogP) is 3.55. The molecule has 0 radical (unpaired) electrons. The van der Waals surface area contributed by atoms with Gasteiger partial charge in [-0.3, -0.25) is 14.9 Å². The van der Waals surface area contributed by atoms with Gasteiger partial charge in [-0.2, -0.15) is 0 Å². The van der Waals surface area contributed by atoms with E-state index in [1.54, 1.807) is 32.2 Å². The number of nitro benzene ring substituents is 1. The van der Waals surface area contributed by atoms with Gasteiger partial charge < -0.3 is 10.3 Å². The standard InChI is InChI=1S/C13H12BrN3O3/c1-7-3-8(2)12(17(19)20)5-10(7)16-13(18)11-4-9(14)6-15-11/h3-6,15H,1-2H3,(H,16,18). The first-order chi connectivity index (χ1) is 9.38. The number of nitrogens with zero attached hydrogens (tertiary/aromatic N) is 1. The molecule has 2 N–H and O–H groups in total. The van der Waals surface area contributed by atoms with Crippen LogP contribution in [-0.4, -0.2) is 15.8 Å². The lowest BCUT2D eigenvalue weighted by molar-refractivity contribution is -0.385. The number of rotatable bonds is 3. The van der Waals surface area contributed by atoms with E-state index in [-0.39, 0.29) is 11.6 Å². The Kier molecular flexibility index (Phi) is 3.89. The molecule has 1 amide bonds.